The van der Waals surface area contributed by atoms with Gasteiger partial charge in [-0.05, 0) is 67.1 Å². The number of amides is 1. The monoisotopic (exact) mass is 714 g/mol. The van der Waals surface area contributed by atoms with Gasteiger partial charge in [-0.2, -0.15) is 10.2 Å². The Morgan fingerprint density at radius 2 is 1.12 bits per heavy atom. The van der Waals surface area contributed by atoms with Crippen LogP contribution in [0.15, 0.2) is 83.1 Å². The molecule has 4 N–H and O–H groups in total. The van der Waals surface area contributed by atoms with Gasteiger partial charge in [-0.15, -0.1) is 0 Å². The van der Waals surface area contributed by atoms with Gasteiger partial charge in [0.15, 0.2) is 17.3 Å². The number of esters is 3. The lowest BCUT2D eigenvalue weighted by Crippen LogP contribution is -2.29. The van der Waals surface area contributed by atoms with E-state index >= 15 is 0 Å². The Hall–Kier alpha value is -6.68. The molecule has 0 fully saturated rings. The Morgan fingerprint density at radius 1 is 0.635 bits per heavy atom. The van der Waals surface area contributed by atoms with Crippen molar-refractivity contribution in [3.63, 3.8) is 0 Å². The largest absolute Gasteiger partial charge is 0.465 e. The number of methoxy groups -OCH3 is 4. The second-order valence-electron chi connectivity index (χ2n) is 10.8. The number of ketones is 2. The molecule has 0 radical (unpaired) electrons. The predicted molar refractivity (Wildman–Crippen MR) is 194 cm³/mol. The molecule has 0 spiro atoms. The highest BCUT2D eigenvalue weighted by atomic mass is 16.5. The summed E-state index contributed by atoms with van der Waals surface area (Å²) in [4.78, 5) is 74.6. The van der Waals surface area contributed by atoms with Crippen LogP contribution in [0.1, 0.15) is 63.5 Å². The maximum Gasteiger partial charge on any atom is 0.340 e. The van der Waals surface area contributed by atoms with E-state index in [0.717, 1.165) is 0 Å². The maximum atomic E-state index is 13.1. The first-order valence-corrected chi connectivity index (χ1v) is 15.4. The van der Waals surface area contributed by atoms with Crippen LogP contribution in [0.2, 0.25) is 0 Å². The molecule has 0 bridgehead atoms. The molecule has 3 aromatic rings. The second kappa shape index (κ2) is 18.4. The summed E-state index contributed by atoms with van der Waals surface area (Å²) >= 11 is 0. The third-order valence-corrected chi connectivity index (χ3v) is 7.30. The lowest BCUT2D eigenvalue weighted by molar-refractivity contribution is -0.114. The molecule has 0 saturated heterocycles. The van der Waals surface area contributed by atoms with E-state index < -0.39 is 41.1 Å². The standard InChI is InChI=1S/C36H38N6O10/c1-19(31(20(2)43)41-39-30-18-24(34(46)50-6)10-16-28(30)36(48)52-8)37-25-11-13-26(14-12-25)38-33(45)32(21(3)44)42-40-29-17-23(22(4)49-5)9-15-27(29)35(47)51-7/h9-18,22,37,39-40H,1H2,2-8H3,(H,38,45)/b41-31+,42-32-. The van der Waals surface area contributed by atoms with E-state index in [1.54, 1.807) is 31.2 Å². The van der Waals surface area contributed by atoms with Crippen LogP contribution in [0.4, 0.5) is 22.7 Å². The maximum absolute atomic E-state index is 13.1. The van der Waals surface area contributed by atoms with Gasteiger partial charge in [-0.1, -0.05) is 12.6 Å². The minimum absolute atomic E-state index is 0.0450. The number of anilines is 4. The minimum Gasteiger partial charge on any atom is -0.465 e. The van der Waals surface area contributed by atoms with Crippen molar-refractivity contribution in [1.29, 1.82) is 0 Å². The van der Waals surface area contributed by atoms with E-state index in [1.165, 1.54) is 78.7 Å². The molecule has 3 aromatic carbocycles. The van der Waals surface area contributed by atoms with Crippen LogP contribution in [0.3, 0.4) is 0 Å². The van der Waals surface area contributed by atoms with Crippen LogP contribution in [0, 0.1) is 0 Å². The number of Topliss-reactive ketones (excluding diaryl/α,β-unsaturated/α-hetero) is 2. The molecule has 272 valence electrons. The summed E-state index contributed by atoms with van der Waals surface area (Å²) in [6.45, 7) is 8.11. The molecule has 0 aliphatic carbocycles. The Labute approximate surface area is 299 Å². The molecule has 1 amide bonds. The molecule has 0 saturated carbocycles. The minimum atomic E-state index is -0.828. The number of carbonyl (C=O) groups is 6. The Bertz CT molecular complexity index is 1950. The first kappa shape index (κ1) is 39.8. The normalized spacial score (nSPS) is 11.8. The zero-order valence-electron chi connectivity index (χ0n) is 29.5. The number of nitrogens with zero attached hydrogens (tertiary/aromatic N) is 2. The number of rotatable bonds is 16. The molecular weight excluding hydrogens is 676 g/mol. The van der Waals surface area contributed by atoms with Crippen LogP contribution in [0.25, 0.3) is 0 Å². The lowest BCUT2D eigenvalue weighted by atomic mass is 10.1. The summed E-state index contributed by atoms with van der Waals surface area (Å²) in [5.41, 5.74) is 6.73. The molecule has 0 aromatic heterocycles. The van der Waals surface area contributed by atoms with Crippen LogP contribution in [-0.2, 0) is 33.3 Å². The first-order valence-electron chi connectivity index (χ1n) is 15.4. The van der Waals surface area contributed by atoms with Crippen LogP contribution in [0.5, 0.6) is 0 Å². The molecule has 16 heteroatoms. The van der Waals surface area contributed by atoms with E-state index in [0.29, 0.717) is 16.9 Å². The fraction of sp³-hybridized carbons (Fsp3) is 0.222. The number of hydrogen-bond donors (Lipinski definition) is 4. The van der Waals surface area contributed by atoms with Crippen LogP contribution >= 0.6 is 0 Å². The number of carbonyl (C=O) groups excluding carboxylic acids is 6. The molecule has 0 aliphatic rings. The van der Waals surface area contributed by atoms with E-state index in [4.69, 9.17) is 18.9 Å². The third kappa shape index (κ3) is 10.2. The van der Waals surface area contributed by atoms with Gasteiger partial charge in [0, 0.05) is 32.3 Å². The molecule has 3 rings (SSSR count). The number of hydrogen-bond acceptors (Lipinski definition) is 15. The van der Waals surface area contributed by atoms with Gasteiger partial charge in [0.2, 0.25) is 0 Å². The van der Waals surface area contributed by atoms with Gasteiger partial charge in [0.1, 0.15) is 5.71 Å². The van der Waals surface area contributed by atoms with Gasteiger partial charge >= 0.3 is 17.9 Å². The van der Waals surface area contributed by atoms with Crippen molar-refractivity contribution in [2.75, 3.05) is 49.9 Å². The van der Waals surface area contributed by atoms with Crippen molar-refractivity contribution in [2.24, 2.45) is 10.2 Å². The Morgan fingerprint density at radius 3 is 1.62 bits per heavy atom. The number of benzene rings is 3. The molecule has 0 aliphatic heterocycles. The highest BCUT2D eigenvalue weighted by Gasteiger charge is 2.21. The van der Waals surface area contributed by atoms with Crippen molar-refractivity contribution < 1.29 is 47.7 Å². The van der Waals surface area contributed by atoms with Gasteiger partial charge in [0.05, 0.1) is 61.2 Å². The van der Waals surface area contributed by atoms with E-state index in [9.17, 15) is 28.8 Å². The Balaban J connectivity index is 1.78. The zero-order chi connectivity index (χ0) is 38.5. The lowest BCUT2D eigenvalue weighted by Gasteiger charge is -2.14. The molecule has 16 nitrogen and oxygen atoms in total. The second-order valence-corrected chi connectivity index (χ2v) is 10.8. The van der Waals surface area contributed by atoms with E-state index in [1.807, 2.05) is 0 Å². The highest BCUT2D eigenvalue weighted by molar-refractivity contribution is 6.67. The molecule has 1 unspecified atom stereocenters. The summed E-state index contributed by atoms with van der Waals surface area (Å²) in [6, 6.07) is 15.0. The van der Waals surface area contributed by atoms with Gasteiger partial charge in [0.25, 0.3) is 5.91 Å². The molecule has 1 atom stereocenters. The Kier molecular flexibility index (Phi) is 14.0. The summed E-state index contributed by atoms with van der Waals surface area (Å²) in [5, 5.41) is 13.6. The summed E-state index contributed by atoms with van der Waals surface area (Å²) in [6.07, 6.45) is -0.321. The summed E-state index contributed by atoms with van der Waals surface area (Å²) in [7, 11) is 5.14. The first-order chi connectivity index (χ1) is 24.7. The van der Waals surface area contributed by atoms with E-state index in [2.05, 4.69) is 38.3 Å². The number of nitrogens with one attached hydrogen (secondary N) is 4. The zero-order valence-corrected chi connectivity index (χ0v) is 29.5. The topological polar surface area (TPSA) is 212 Å². The van der Waals surface area contributed by atoms with Crippen LogP contribution < -0.4 is 21.5 Å². The smallest absolute Gasteiger partial charge is 0.340 e. The summed E-state index contributed by atoms with van der Waals surface area (Å²) in [5.74, 6) is -3.99. The van der Waals surface area contributed by atoms with Crippen molar-refractivity contribution in [2.45, 2.75) is 26.9 Å². The fourth-order valence-electron chi connectivity index (χ4n) is 4.44. The molecular formula is C36H38N6O10. The molecule has 52 heavy (non-hydrogen) atoms. The van der Waals surface area contributed by atoms with E-state index in [-0.39, 0.29) is 45.6 Å². The van der Waals surface area contributed by atoms with Crippen molar-refractivity contribution in [1.82, 2.24) is 0 Å². The van der Waals surface area contributed by atoms with Crippen molar-refractivity contribution in [3.05, 3.63) is 95.2 Å². The quantitative estimate of drug-likeness (QED) is 0.0520. The number of allylic oxidation sites excluding steroid dienone is 1. The van der Waals surface area contributed by atoms with Crippen molar-refractivity contribution >= 4 is 69.6 Å². The predicted octanol–water partition coefficient (Wildman–Crippen LogP) is 4.73. The average molecular weight is 715 g/mol. The van der Waals surface area contributed by atoms with Gasteiger partial charge < -0.3 is 29.6 Å². The fourth-order valence-corrected chi connectivity index (χ4v) is 4.44. The average Bonchev–Trinajstić information content (AvgIpc) is 3.13. The van der Waals surface area contributed by atoms with Gasteiger partial charge in [-0.3, -0.25) is 25.2 Å². The third-order valence-electron chi connectivity index (χ3n) is 7.30. The number of ether oxygens (including phenoxy) is 4. The highest BCUT2D eigenvalue weighted by Crippen LogP contribution is 2.25. The van der Waals surface area contributed by atoms with Crippen molar-refractivity contribution in [3.8, 4) is 0 Å². The number of hydrazone groups is 2. The molecule has 0 heterocycles. The SMILES string of the molecule is C=C(Nc1ccc(NC(=O)/C(=N\Nc2cc(C(C)OC)ccc2C(=O)OC)C(C)=O)cc1)/C(=N\Nc1cc(C(=O)OC)ccc1C(=O)OC)C(C)=O. The summed E-state index contributed by atoms with van der Waals surface area (Å²) < 4.78 is 19.7. The van der Waals surface area contributed by atoms with Crippen LogP contribution in [-0.4, -0.2) is 75.2 Å². The van der Waals surface area contributed by atoms with Gasteiger partial charge in [-0.25, -0.2) is 14.4 Å².